The highest BCUT2D eigenvalue weighted by atomic mass is 32.2. The second-order valence-corrected chi connectivity index (χ2v) is 9.35. The summed E-state index contributed by atoms with van der Waals surface area (Å²) < 4.78 is 33.6. The Morgan fingerprint density at radius 3 is 2.25 bits per heavy atom. The molecule has 0 aliphatic heterocycles. The number of H-pyrrole nitrogens is 1. The summed E-state index contributed by atoms with van der Waals surface area (Å²) in [6, 6.07) is 19.4. The van der Waals surface area contributed by atoms with Crippen molar-refractivity contribution in [2.45, 2.75) is 31.6 Å². The van der Waals surface area contributed by atoms with Gasteiger partial charge in [0, 0.05) is 7.11 Å². The zero-order valence-corrected chi connectivity index (χ0v) is 22.2. The lowest BCUT2D eigenvalue weighted by atomic mass is 10.1. The maximum absolute atomic E-state index is 16.0. The number of nitrogens with one attached hydrogen (secondary N) is 2. The molecule has 1 heterocycles. The number of imidazole rings is 1. The van der Waals surface area contributed by atoms with Crippen molar-refractivity contribution < 1.29 is 18.6 Å². The van der Waals surface area contributed by atoms with Crippen molar-refractivity contribution in [3.05, 3.63) is 89.5 Å². The first-order valence-electron chi connectivity index (χ1n) is 11.3. The van der Waals surface area contributed by atoms with E-state index < -0.39 is 18.4 Å². The first kappa shape index (κ1) is 28.1. The zero-order chi connectivity index (χ0) is 25.8. The van der Waals surface area contributed by atoms with Crippen molar-refractivity contribution in [2.75, 3.05) is 26.2 Å². The first-order chi connectivity index (χ1) is 17.5. The van der Waals surface area contributed by atoms with Crippen molar-refractivity contribution in [2.24, 2.45) is 4.99 Å². The highest BCUT2D eigenvalue weighted by molar-refractivity contribution is 8.15. The number of ether oxygens (including phenoxy) is 3. The van der Waals surface area contributed by atoms with Gasteiger partial charge in [0.05, 0.1) is 31.7 Å². The smallest absolute Gasteiger partial charge is 0.180 e. The number of methoxy groups -OCH3 is 1. The standard InChI is InChI=1S/C26H31FN4O3S2/c1-32-21(17-33-15-18-10-6-4-7-11-18)23(34-16-19-12-8-5-9-13-19)22(27)20-14-29-24(30-20)25(35-2)31-26(28)36-3/h4-14,21-23,28H,15-17H2,1-3H3,(H,29,30)/b28-26?,31-25+/t21-,22+,23-/m1/s1. The molecule has 0 aliphatic rings. The lowest BCUT2D eigenvalue weighted by Crippen LogP contribution is -2.38. The molecule has 0 unspecified atom stereocenters. The Morgan fingerprint density at radius 1 is 1.03 bits per heavy atom. The van der Waals surface area contributed by atoms with Gasteiger partial charge in [0.1, 0.15) is 17.3 Å². The molecule has 0 bridgehead atoms. The molecule has 192 valence electrons. The summed E-state index contributed by atoms with van der Waals surface area (Å²) in [5.74, 6) is 0.398. The van der Waals surface area contributed by atoms with Crippen LogP contribution in [0.2, 0.25) is 0 Å². The Hall–Kier alpha value is -2.50. The van der Waals surface area contributed by atoms with E-state index in [4.69, 9.17) is 19.6 Å². The number of nitrogens with zero attached hydrogens (tertiary/aromatic N) is 2. The van der Waals surface area contributed by atoms with E-state index in [0.717, 1.165) is 11.1 Å². The summed E-state index contributed by atoms with van der Waals surface area (Å²) >= 11 is 2.55. The molecule has 0 fully saturated rings. The predicted octanol–water partition coefficient (Wildman–Crippen LogP) is 5.64. The summed E-state index contributed by atoms with van der Waals surface area (Å²) in [5, 5.41) is 8.47. The quantitative estimate of drug-likeness (QED) is 0.232. The molecule has 0 amide bonds. The number of amidine groups is 1. The molecule has 1 aromatic heterocycles. The minimum absolute atomic E-state index is 0.146. The molecular formula is C26H31FN4O3S2. The van der Waals surface area contributed by atoms with Gasteiger partial charge in [-0.25, -0.2) is 14.4 Å². The minimum atomic E-state index is -1.57. The van der Waals surface area contributed by atoms with Gasteiger partial charge in [0.25, 0.3) is 0 Å². The predicted molar refractivity (Wildman–Crippen MR) is 146 cm³/mol. The van der Waals surface area contributed by atoms with Crippen LogP contribution in [0.1, 0.15) is 28.8 Å². The maximum Gasteiger partial charge on any atom is 0.180 e. The van der Waals surface area contributed by atoms with Gasteiger partial charge < -0.3 is 19.2 Å². The summed E-state index contributed by atoms with van der Waals surface area (Å²) in [5.41, 5.74) is 2.18. The lowest BCUT2D eigenvalue weighted by molar-refractivity contribution is -0.125. The summed E-state index contributed by atoms with van der Waals surface area (Å²) in [6.07, 6.45) is 1.84. The van der Waals surface area contributed by atoms with Crippen molar-refractivity contribution >= 4 is 33.7 Å². The zero-order valence-electron chi connectivity index (χ0n) is 20.5. The number of hydrogen-bond donors (Lipinski definition) is 2. The van der Waals surface area contributed by atoms with Gasteiger partial charge in [-0.3, -0.25) is 5.41 Å². The lowest BCUT2D eigenvalue weighted by Gasteiger charge is -2.28. The fourth-order valence-electron chi connectivity index (χ4n) is 3.41. The molecule has 7 nitrogen and oxygen atoms in total. The highest BCUT2D eigenvalue weighted by Crippen LogP contribution is 2.28. The van der Waals surface area contributed by atoms with Crippen molar-refractivity contribution in [3.8, 4) is 0 Å². The average molecular weight is 531 g/mol. The van der Waals surface area contributed by atoms with Crippen LogP contribution in [0, 0.1) is 5.41 Å². The van der Waals surface area contributed by atoms with E-state index in [1.807, 2.05) is 66.9 Å². The molecule has 0 saturated heterocycles. The molecule has 3 atom stereocenters. The Balaban J connectivity index is 1.77. The molecule has 3 aromatic rings. The number of hydrogen-bond acceptors (Lipinski definition) is 7. The van der Waals surface area contributed by atoms with Gasteiger partial charge in [-0.15, -0.1) is 11.8 Å². The number of alkyl halides is 1. The molecule has 0 radical (unpaired) electrons. The van der Waals surface area contributed by atoms with E-state index in [2.05, 4.69) is 15.0 Å². The van der Waals surface area contributed by atoms with Crippen LogP contribution >= 0.6 is 23.5 Å². The molecule has 2 N–H and O–H groups in total. The number of aliphatic imine (C=N–C) groups is 1. The average Bonchev–Trinajstić information content (AvgIpc) is 3.41. The molecule has 0 aliphatic carbocycles. The molecule has 0 spiro atoms. The molecule has 0 saturated carbocycles. The Labute approximate surface area is 219 Å². The van der Waals surface area contributed by atoms with Gasteiger partial charge in [0.2, 0.25) is 0 Å². The number of benzene rings is 2. The van der Waals surface area contributed by atoms with Gasteiger partial charge in [0.15, 0.2) is 17.2 Å². The first-order valence-corrected chi connectivity index (χ1v) is 13.7. The molecular weight excluding hydrogens is 499 g/mol. The normalized spacial score (nSPS) is 14.4. The highest BCUT2D eigenvalue weighted by Gasteiger charge is 2.34. The van der Waals surface area contributed by atoms with E-state index in [1.165, 1.54) is 36.8 Å². The SMILES string of the molecule is CO[C@H](COCc1ccccc1)[C@@H](OCc1ccccc1)[C@@H](F)c1cnc(/C(=N\C(=N)SC)SC)[nH]1. The van der Waals surface area contributed by atoms with E-state index in [0.29, 0.717) is 17.5 Å². The van der Waals surface area contributed by atoms with E-state index in [-0.39, 0.29) is 24.1 Å². The van der Waals surface area contributed by atoms with Crippen LogP contribution in [-0.2, 0) is 27.4 Å². The largest absolute Gasteiger partial charge is 0.376 e. The van der Waals surface area contributed by atoms with E-state index in [9.17, 15) is 0 Å². The van der Waals surface area contributed by atoms with Gasteiger partial charge >= 0.3 is 0 Å². The monoisotopic (exact) mass is 530 g/mol. The third-order valence-corrected chi connectivity index (χ3v) is 6.47. The van der Waals surface area contributed by atoms with Crippen molar-refractivity contribution in [3.63, 3.8) is 0 Å². The summed E-state index contributed by atoms with van der Waals surface area (Å²) in [4.78, 5) is 11.5. The fraction of sp³-hybridized carbons (Fsp3) is 0.346. The van der Waals surface area contributed by atoms with Crippen molar-refractivity contribution in [1.29, 1.82) is 5.41 Å². The summed E-state index contributed by atoms with van der Waals surface area (Å²) in [6.45, 7) is 0.745. The van der Waals surface area contributed by atoms with Gasteiger partial charge in [-0.1, -0.05) is 72.4 Å². The second-order valence-electron chi connectivity index (χ2n) is 7.76. The van der Waals surface area contributed by atoms with Crippen LogP contribution in [0.5, 0.6) is 0 Å². The second kappa shape index (κ2) is 14.9. The number of aromatic amines is 1. The number of aromatic nitrogens is 2. The number of rotatable bonds is 12. The molecule has 3 rings (SSSR count). The molecule has 36 heavy (non-hydrogen) atoms. The van der Waals surface area contributed by atoms with Crippen LogP contribution in [0.3, 0.4) is 0 Å². The van der Waals surface area contributed by atoms with Gasteiger partial charge in [-0.05, 0) is 23.6 Å². The minimum Gasteiger partial charge on any atom is -0.376 e. The maximum atomic E-state index is 16.0. The van der Waals surface area contributed by atoms with Crippen LogP contribution in [-0.4, -0.2) is 58.6 Å². The summed E-state index contributed by atoms with van der Waals surface area (Å²) in [7, 11) is 1.52. The van der Waals surface area contributed by atoms with Crippen LogP contribution in [0.4, 0.5) is 4.39 Å². The Bertz CT molecular complexity index is 1100. The topological polar surface area (TPSA) is 92.6 Å². The number of thioether (sulfide) groups is 2. The molecule has 10 heteroatoms. The Morgan fingerprint density at radius 2 is 1.67 bits per heavy atom. The molecule has 2 aromatic carbocycles. The third-order valence-electron chi connectivity index (χ3n) is 5.32. The van der Waals surface area contributed by atoms with Gasteiger partial charge in [-0.2, -0.15) is 0 Å². The van der Waals surface area contributed by atoms with E-state index >= 15 is 4.39 Å². The van der Waals surface area contributed by atoms with E-state index in [1.54, 1.807) is 6.26 Å². The van der Waals surface area contributed by atoms with Crippen molar-refractivity contribution in [1.82, 2.24) is 9.97 Å². The number of halogens is 1. The van der Waals surface area contributed by atoms with Crippen LogP contribution < -0.4 is 0 Å². The Kier molecular flexibility index (Phi) is 11.6. The van der Waals surface area contributed by atoms with Crippen LogP contribution in [0.15, 0.2) is 71.9 Å². The van der Waals surface area contributed by atoms with Crippen LogP contribution in [0.25, 0.3) is 0 Å². The third kappa shape index (κ3) is 8.28. The fourth-order valence-corrected chi connectivity index (χ4v) is 4.13.